The molecule has 0 saturated carbocycles. The van der Waals surface area contributed by atoms with Gasteiger partial charge in [0.2, 0.25) is 0 Å². The van der Waals surface area contributed by atoms with Crippen LogP contribution in [0.25, 0.3) is 0 Å². The van der Waals surface area contributed by atoms with Gasteiger partial charge in [-0.25, -0.2) is 4.98 Å². The molecule has 0 aliphatic heterocycles. The molecule has 3 nitrogen and oxygen atoms in total. The van der Waals surface area contributed by atoms with Crippen molar-refractivity contribution in [2.45, 2.75) is 43.5 Å². The first-order valence-corrected chi connectivity index (χ1v) is 8.34. The topological polar surface area (TPSA) is 29.9 Å². The Morgan fingerprint density at radius 2 is 1.90 bits per heavy atom. The van der Waals surface area contributed by atoms with E-state index >= 15 is 0 Å². The largest absolute Gasteiger partial charge is 0.322 e. The van der Waals surface area contributed by atoms with Crippen molar-refractivity contribution < 1.29 is 0 Å². The number of halogens is 1. The molecule has 21 heavy (non-hydrogen) atoms. The molecule has 0 radical (unpaired) electrons. The highest BCUT2D eigenvalue weighted by Crippen LogP contribution is 2.23. The summed E-state index contributed by atoms with van der Waals surface area (Å²) in [5.74, 6) is 1.81. The predicted octanol–water partition coefficient (Wildman–Crippen LogP) is 4.25. The average molecular weight is 324 g/mol. The van der Waals surface area contributed by atoms with Gasteiger partial charge in [0.1, 0.15) is 11.0 Å². The second-order valence-corrected chi connectivity index (χ2v) is 7.53. The minimum Gasteiger partial charge on any atom is -0.322 e. The molecule has 1 aromatic heterocycles. The molecule has 0 aliphatic rings. The van der Waals surface area contributed by atoms with Crippen molar-refractivity contribution in [1.82, 2.24) is 14.9 Å². The van der Waals surface area contributed by atoms with E-state index in [9.17, 15) is 0 Å². The molecule has 0 spiro atoms. The van der Waals surface area contributed by atoms with Crippen molar-refractivity contribution in [2.24, 2.45) is 7.05 Å². The number of hydrogen-bond acceptors (Lipinski definition) is 3. The van der Waals surface area contributed by atoms with Crippen molar-refractivity contribution in [1.29, 1.82) is 0 Å². The Balaban J connectivity index is 1.89. The number of hydrogen-bond donors (Lipinski definition) is 1. The van der Waals surface area contributed by atoms with Crippen LogP contribution in [0.2, 0.25) is 5.15 Å². The Bertz CT molecular complexity index is 585. The van der Waals surface area contributed by atoms with Gasteiger partial charge in [0.05, 0.1) is 11.9 Å². The van der Waals surface area contributed by atoms with E-state index < -0.39 is 0 Å². The van der Waals surface area contributed by atoms with Gasteiger partial charge in [0.25, 0.3) is 0 Å². The second kappa shape index (κ2) is 6.86. The van der Waals surface area contributed by atoms with Crippen LogP contribution in [0.1, 0.15) is 32.2 Å². The molecule has 0 unspecified atom stereocenters. The smallest absolute Gasteiger partial charge is 0.128 e. The lowest BCUT2D eigenvalue weighted by molar-refractivity contribution is 0.424. The first-order chi connectivity index (χ1) is 9.85. The molecule has 1 aromatic carbocycles. The molecule has 2 aromatic rings. The fourth-order valence-corrected chi connectivity index (χ4v) is 2.82. The van der Waals surface area contributed by atoms with Gasteiger partial charge in [-0.1, -0.05) is 23.7 Å². The van der Waals surface area contributed by atoms with Gasteiger partial charge in [-0.15, -0.1) is 11.8 Å². The van der Waals surface area contributed by atoms with Gasteiger partial charge in [0.15, 0.2) is 0 Å². The molecule has 0 atom stereocenters. The minimum atomic E-state index is 0.144. The lowest BCUT2D eigenvalue weighted by Gasteiger charge is -2.20. The van der Waals surface area contributed by atoms with Crippen LogP contribution in [-0.2, 0) is 19.3 Å². The number of rotatable bonds is 5. The lowest BCUT2D eigenvalue weighted by Crippen LogP contribution is -2.35. The van der Waals surface area contributed by atoms with Gasteiger partial charge >= 0.3 is 0 Å². The van der Waals surface area contributed by atoms with E-state index in [1.54, 1.807) is 18.0 Å². The Kier molecular flexibility index (Phi) is 5.36. The van der Waals surface area contributed by atoms with Crippen LogP contribution >= 0.6 is 23.4 Å². The normalized spacial score (nSPS) is 11.9. The van der Waals surface area contributed by atoms with Gasteiger partial charge in [-0.2, -0.15) is 0 Å². The van der Waals surface area contributed by atoms with Crippen LogP contribution in [0.5, 0.6) is 0 Å². The number of aromatic nitrogens is 2. The summed E-state index contributed by atoms with van der Waals surface area (Å²) in [5, 5.41) is 4.17. The average Bonchev–Trinajstić information content (AvgIpc) is 2.75. The first kappa shape index (κ1) is 16.4. The standard InChI is InChI=1S/C16H22ClN3S/c1-16(2,3)19-9-12-5-7-13(8-6-12)21-11-15-18-10-14(17)20(15)4/h5-8,10,19H,9,11H2,1-4H3. The highest BCUT2D eigenvalue weighted by atomic mass is 35.5. The maximum atomic E-state index is 5.99. The van der Waals surface area contributed by atoms with E-state index in [4.69, 9.17) is 11.6 Å². The number of nitrogens with zero attached hydrogens (tertiary/aromatic N) is 2. The van der Waals surface area contributed by atoms with Gasteiger partial charge < -0.3 is 9.88 Å². The fraction of sp³-hybridized carbons (Fsp3) is 0.438. The molecule has 2 rings (SSSR count). The third-order valence-corrected chi connectivity index (χ3v) is 4.50. The lowest BCUT2D eigenvalue weighted by atomic mass is 10.1. The van der Waals surface area contributed by atoms with Gasteiger partial charge in [-0.05, 0) is 38.5 Å². The minimum absolute atomic E-state index is 0.144. The summed E-state index contributed by atoms with van der Waals surface area (Å²) < 4.78 is 1.91. The Labute approximate surface area is 136 Å². The van der Waals surface area contributed by atoms with Crippen LogP contribution in [-0.4, -0.2) is 15.1 Å². The van der Waals surface area contributed by atoms with Crippen LogP contribution < -0.4 is 5.32 Å². The van der Waals surface area contributed by atoms with E-state index in [2.05, 4.69) is 55.3 Å². The SMILES string of the molecule is Cn1c(Cl)cnc1CSc1ccc(CNC(C)(C)C)cc1. The number of nitrogens with one attached hydrogen (secondary N) is 1. The maximum absolute atomic E-state index is 5.99. The van der Waals surface area contributed by atoms with Crippen LogP contribution in [0, 0.1) is 0 Å². The van der Waals surface area contributed by atoms with Gasteiger partial charge in [0, 0.05) is 24.0 Å². The summed E-state index contributed by atoms with van der Waals surface area (Å²) in [6, 6.07) is 8.67. The molecule has 0 bridgehead atoms. The highest BCUT2D eigenvalue weighted by molar-refractivity contribution is 7.98. The number of thioether (sulfide) groups is 1. The summed E-state index contributed by atoms with van der Waals surface area (Å²) in [4.78, 5) is 5.55. The molecule has 114 valence electrons. The quantitative estimate of drug-likeness (QED) is 0.834. The highest BCUT2D eigenvalue weighted by Gasteiger charge is 2.08. The van der Waals surface area contributed by atoms with Crippen LogP contribution in [0.4, 0.5) is 0 Å². The zero-order valence-corrected chi connectivity index (χ0v) is 14.6. The summed E-state index contributed by atoms with van der Waals surface area (Å²) >= 11 is 7.76. The number of imidazole rings is 1. The molecule has 0 amide bonds. The van der Waals surface area contributed by atoms with Crippen molar-refractivity contribution in [3.05, 3.63) is 47.0 Å². The molecule has 0 fully saturated rings. The van der Waals surface area contributed by atoms with Crippen LogP contribution in [0.3, 0.4) is 0 Å². The van der Waals surface area contributed by atoms with Crippen LogP contribution in [0.15, 0.2) is 35.4 Å². The Hall–Kier alpha value is -0.970. The van der Waals surface area contributed by atoms with E-state index in [1.807, 2.05) is 11.6 Å². The third-order valence-electron chi connectivity index (χ3n) is 3.14. The van der Waals surface area contributed by atoms with Crippen molar-refractivity contribution >= 4 is 23.4 Å². The Morgan fingerprint density at radius 1 is 1.24 bits per heavy atom. The van der Waals surface area contributed by atoms with Crippen molar-refractivity contribution in [2.75, 3.05) is 0 Å². The summed E-state index contributed by atoms with van der Waals surface area (Å²) in [7, 11) is 1.94. The first-order valence-electron chi connectivity index (χ1n) is 6.98. The van der Waals surface area contributed by atoms with E-state index in [-0.39, 0.29) is 5.54 Å². The summed E-state index contributed by atoms with van der Waals surface area (Å²) in [6.07, 6.45) is 1.69. The van der Waals surface area contributed by atoms with Crippen molar-refractivity contribution in [3.63, 3.8) is 0 Å². The molecular formula is C16H22ClN3S. The van der Waals surface area contributed by atoms with Crippen molar-refractivity contribution in [3.8, 4) is 0 Å². The van der Waals surface area contributed by atoms with E-state index in [0.717, 1.165) is 18.1 Å². The summed E-state index contributed by atoms with van der Waals surface area (Å²) in [5.41, 5.74) is 1.44. The number of benzene rings is 1. The third kappa shape index (κ3) is 5.06. The second-order valence-electron chi connectivity index (χ2n) is 6.09. The van der Waals surface area contributed by atoms with Gasteiger partial charge in [-0.3, -0.25) is 0 Å². The molecule has 1 N–H and O–H groups in total. The van der Waals surface area contributed by atoms with E-state index in [0.29, 0.717) is 5.15 Å². The molecule has 0 aliphatic carbocycles. The fourth-order valence-electron chi connectivity index (χ4n) is 1.78. The zero-order valence-electron chi connectivity index (χ0n) is 13.0. The maximum Gasteiger partial charge on any atom is 0.128 e. The molecule has 1 heterocycles. The monoisotopic (exact) mass is 323 g/mol. The molecule has 5 heteroatoms. The predicted molar refractivity (Wildman–Crippen MR) is 90.8 cm³/mol. The zero-order chi connectivity index (χ0) is 15.5. The molecular weight excluding hydrogens is 302 g/mol. The van der Waals surface area contributed by atoms with E-state index in [1.165, 1.54) is 10.5 Å². The Morgan fingerprint density at radius 3 is 2.43 bits per heavy atom. The summed E-state index contributed by atoms with van der Waals surface area (Å²) in [6.45, 7) is 7.42. The molecule has 0 saturated heterocycles.